The van der Waals surface area contributed by atoms with Crippen LogP contribution in [0.15, 0.2) is 72.8 Å². The van der Waals surface area contributed by atoms with Gasteiger partial charge in [0.15, 0.2) is 0 Å². The number of nitro groups is 1. The summed E-state index contributed by atoms with van der Waals surface area (Å²) in [7, 11) is 0. The Morgan fingerprint density at radius 1 is 0.912 bits per heavy atom. The van der Waals surface area contributed by atoms with Crippen LogP contribution in [0.25, 0.3) is 21.9 Å². The number of carbonyl (C=O) groups is 3. The molecule has 4 aromatic rings. The summed E-state index contributed by atoms with van der Waals surface area (Å²) in [4.78, 5) is 50.9. The zero-order chi connectivity index (χ0) is 24.1. The van der Waals surface area contributed by atoms with Crippen molar-refractivity contribution in [2.75, 3.05) is 4.90 Å². The highest BCUT2D eigenvalue weighted by molar-refractivity contribution is 6.37. The number of carboxylic acid groups (broad SMARTS) is 1. The minimum atomic E-state index is -1.17. The molecule has 0 spiro atoms. The molecule has 1 aliphatic heterocycles. The lowest BCUT2D eigenvalue weighted by atomic mass is 9.87. The van der Waals surface area contributed by atoms with Gasteiger partial charge in [0.05, 0.1) is 27.3 Å². The second-order valence-electron chi connectivity index (χ2n) is 7.97. The van der Waals surface area contributed by atoms with Crippen LogP contribution < -0.4 is 4.90 Å². The van der Waals surface area contributed by atoms with Crippen LogP contribution in [0.3, 0.4) is 0 Å². The van der Waals surface area contributed by atoms with Crippen molar-refractivity contribution in [3.63, 3.8) is 0 Å². The summed E-state index contributed by atoms with van der Waals surface area (Å²) in [6.07, 6.45) is 0. The van der Waals surface area contributed by atoms with Crippen molar-refractivity contribution >= 4 is 39.9 Å². The van der Waals surface area contributed by atoms with Crippen molar-refractivity contribution in [3.8, 4) is 11.1 Å². The largest absolute Gasteiger partial charge is 0.478 e. The highest BCUT2D eigenvalue weighted by Gasteiger charge is 2.37. The van der Waals surface area contributed by atoms with Crippen molar-refractivity contribution < 1.29 is 24.4 Å². The van der Waals surface area contributed by atoms with Gasteiger partial charge in [0.2, 0.25) is 0 Å². The van der Waals surface area contributed by atoms with Crippen LogP contribution >= 0.6 is 0 Å². The van der Waals surface area contributed by atoms with Gasteiger partial charge in [-0.25, -0.2) is 9.69 Å². The fraction of sp³-hybridized carbons (Fsp3) is 0.0385. The molecule has 1 N–H and O–H groups in total. The number of aryl methyl sites for hydroxylation is 1. The van der Waals surface area contributed by atoms with E-state index in [4.69, 9.17) is 0 Å². The molecule has 0 unspecified atom stereocenters. The maximum absolute atomic E-state index is 13.5. The van der Waals surface area contributed by atoms with E-state index < -0.39 is 22.7 Å². The summed E-state index contributed by atoms with van der Waals surface area (Å²) in [5.74, 6) is -2.37. The highest BCUT2D eigenvalue weighted by atomic mass is 16.6. The van der Waals surface area contributed by atoms with Gasteiger partial charge in [0, 0.05) is 17.0 Å². The van der Waals surface area contributed by atoms with Gasteiger partial charge in [-0.05, 0) is 53.8 Å². The first-order valence-corrected chi connectivity index (χ1v) is 10.3. The van der Waals surface area contributed by atoms with Crippen LogP contribution in [0.5, 0.6) is 0 Å². The van der Waals surface area contributed by atoms with Crippen molar-refractivity contribution in [2.24, 2.45) is 0 Å². The van der Waals surface area contributed by atoms with Crippen molar-refractivity contribution in [2.45, 2.75) is 6.92 Å². The zero-order valence-electron chi connectivity index (χ0n) is 17.8. The molecule has 34 heavy (non-hydrogen) atoms. The Labute approximate surface area is 192 Å². The lowest BCUT2D eigenvalue weighted by Crippen LogP contribution is -2.40. The van der Waals surface area contributed by atoms with Crippen molar-refractivity contribution in [1.82, 2.24) is 0 Å². The summed E-state index contributed by atoms with van der Waals surface area (Å²) < 4.78 is 0. The summed E-state index contributed by atoms with van der Waals surface area (Å²) in [6, 6.07) is 18.6. The summed E-state index contributed by atoms with van der Waals surface area (Å²) >= 11 is 0. The molecule has 0 bridgehead atoms. The van der Waals surface area contributed by atoms with Gasteiger partial charge in [-0.3, -0.25) is 19.7 Å². The molecule has 0 aliphatic carbocycles. The van der Waals surface area contributed by atoms with Crippen LogP contribution in [-0.4, -0.2) is 27.8 Å². The molecule has 0 saturated heterocycles. The zero-order valence-corrected chi connectivity index (χ0v) is 17.8. The van der Waals surface area contributed by atoms with Crippen molar-refractivity contribution in [3.05, 3.63) is 105 Å². The van der Waals surface area contributed by atoms with Crippen LogP contribution in [0.4, 0.5) is 11.4 Å². The first-order chi connectivity index (χ1) is 16.3. The lowest BCUT2D eigenvalue weighted by Gasteiger charge is -2.28. The Bertz CT molecular complexity index is 1570. The average Bonchev–Trinajstić information content (AvgIpc) is 2.82. The molecule has 4 aromatic carbocycles. The van der Waals surface area contributed by atoms with Gasteiger partial charge >= 0.3 is 5.97 Å². The Morgan fingerprint density at radius 2 is 1.62 bits per heavy atom. The quantitative estimate of drug-likeness (QED) is 0.258. The molecule has 1 heterocycles. The summed E-state index contributed by atoms with van der Waals surface area (Å²) in [5.41, 5.74) is 1.56. The number of amides is 2. The van der Waals surface area contributed by atoms with Gasteiger partial charge < -0.3 is 5.11 Å². The fourth-order valence-corrected chi connectivity index (χ4v) is 4.41. The number of imide groups is 1. The monoisotopic (exact) mass is 452 g/mol. The third-order valence-electron chi connectivity index (χ3n) is 5.86. The highest BCUT2D eigenvalue weighted by Crippen LogP contribution is 2.43. The van der Waals surface area contributed by atoms with Crippen LogP contribution in [0.2, 0.25) is 0 Å². The first kappa shape index (κ1) is 21.0. The lowest BCUT2D eigenvalue weighted by molar-refractivity contribution is -0.384. The standard InChI is InChI=1S/C26H16N2O6/c1-14-5-2-8-17(11-14)27-24(29)19-10-4-9-18-22(15-6-3-7-16(12-15)26(31)32)21(28(33)34)13-20(23(18)19)25(27)30/h2-13H,1H3,(H,31,32). The molecule has 0 atom stereocenters. The number of hydrogen-bond donors (Lipinski definition) is 1. The predicted octanol–water partition coefficient (Wildman–Crippen LogP) is 5.22. The Kier molecular flexibility index (Phi) is 4.72. The first-order valence-electron chi connectivity index (χ1n) is 10.3. The third-order valence-corrected chi connectivity index (χ3v) is 5.86. The van der Waals surface area contributed by atoms with E-state index in [1.165, 1.54) is 24.3 Å². The minimum Gasteiger partial charge on any atom is -0.478 e. The third kappa shape index (κ3) is 3.12. The van der Waals surface area contributed by atoms with Crippen LogP contribution in [0, 0.1) is 17.0 Å². The Hall–Kier alpha value is -4.85. The van der Waals surface area contributed by atoms with Gasteiger partial charge in [-0.1, -0.05) is 36.4 Å². The van der Waals surface area contributed by atoms with Gasteiger partial charge in [-0.15, -0.1) is 0 Å². The van der Waals surface area contributed by atoms with E-state index in [0.717, 1.165) is 10.5 Å². The maximum atomic E-state index is 13.5. The summed E-state index contributed by atoms with van der Waals surface area (Å²) in [5, 5.41) is 22.1. The van der Waals surface area contributed by atoms with E-state index in [-0.39, 0.29) is 27.9 Å². The number of nitrogens with zero attached hydrogens (tertiary/aromatic N) is 2. The van der Waals surface area contributed by atoms with E-state index in [1.807, 2.05) is 13.0 Å². The smallest absolute Gasteiger partial charge is 0.335 e. The maximum Gasteiger partial charge on any atom is 0.335 e. The molecule has 5 rings (SSSR count). The molecule has 8 heteroatoms. The second-order valence-corrected chi connectivity index (χ2v) is 7.97. The van der Waals surface area contributed by atoms with E-state index in [2.05, 4.69) is 0 Å². The second kappa shape index (κ2) is 7.63. The number of rotatable bonds is 4. The predicted molar refractivity (Wildman–Crippen MR) is 125 cm³/mol. The van der Waals surface area contributed by atoms with Crippen molar-refractivity contribution in [1.29, 1.82) is 0 Å². The molecule has 8 nitrogen and oxygen atoms in total. The van der Waals surface area contributed by atoms with Crippen LogP contribution in [0.1, 0.15) is 36.6 Å². The number of anilines is 1. The van der Waals surface area contributed by atoms with E-state index in [9.17, 15) is 29.6 Å². The average molecular weight is 452 g/mol. The minimum absolute atomic E-state index is 0.0370. The molecule has 166 valence electrons. The van der Waals surface area contributed by atoms with Crippen LogP contribution in [-0.2, 0) is 0 Å². The molecule has 1 aliphatic rings. The van der Waals surface area contributed by atoms with E-state index >= 15 is 0 Å². The number of nitro benzene ring substituents is 1. The van der Waals surface area contributed by atoms with E-state index in [0.29, 0.717) is 22.0 Å². The molecular weight excluding hydrogens is 436 g/mol. The Morgan fingerprint density at radius 3 is 2.32 bits per heavy atom. The number of carboxylic acids is 1. The molecule has 0 aromatic heterocycles. The molecule has 0 radical (unpaired) electrons. The SMILES string of the molecule is Cc1cccc(N2C(=O)c3cccc4c(-c5cccc(C(=O)O)c5)c([N+](=O)[O-])cc(c34)C2=O)c1. The summed E-state index contributed by atoms with van der Waals surface area (Å²) in [6.45, 7) is 1.83. The van der Waals surface area contributed by atoms with Gasteiger partial charge in [-0.2, -0.15) is 0 Å². The number of benzene rings is 4. The van der Waals surface area contributed by atoms with Gasteiger partial charge in [0.1, 0.15) is 0 Å². The molecule has 0 fully saturated rings. The fourth-order valence-electron chi connectivity index (χ4n) is 4.41. The normalized spacial score (nSPS) is 12.8. The van der Waals surface area contributed by atoms with Gasteiger partial charge in [0.25, 0.3) is 17.5 Å². The number of carbonyl (C=O) groups excluding carboxylic acids is 2. The molecular formula is C26H16N2O6. The Balaban J connectivity index is 1.84. The van der Waals surface area contributed by atoms with E-state index in [1.54, 1.807) is 42.5 Å². The molecule has 2 amide bonds. The molecule has 0 saturated carbocycles. The topological polar surface area (TPSA) is 118 Å². The number of aromatic carboxylic acids is 1. The number of hydrogen-bond acceptors (Lipinski definition) is 5.